The second-order valence-corrected chi connectivity index (χ2v) is 3.06. The molecule has 1 heterocycles. The summed E-state index contributed by atoms with van der Waals surface area (Å²) >= 11 is 0. The van der Waals surface area contributed by atoms with Gasteiger partial charge in [-0.05, 0) is 25.1 Å². The molecule has 5 heteroatoms. The van der Waals surface area contributed by atoms with Gasteiger partial charge in [0.05, 0.1) is 0 Å². The normalized spacial score (nSPS) is 10.4. The molecule has 5 nitrogen and oxygen atoms in total. The van der Waals surface area contributed by atoms with Crippen molar-refractivity contribution in [3.05, 3.63) is 29.7 Å². The predicted octanol–water partition coefficient (Wildman–Crippen LogP) is 0.890. The molecule has 0 aliphatic rings. The van der Waals surface area contributed by atoms with E-state index < -0.39 is 5.97 Å². The van der Waals surface area contributed by atoms with Crippen molar-refractivity contribution in [1.29, 1.82) is 0 Å². The number of nitrogens with one attached hydrogen (secondary N) is 1. The van der Waals surface area contributed by atoms with Crippen molar-refractivity contribution in [3.63, 3.8) is 0 Å². The van der Waals surface area contributed by atoms with Gasteiger partial charge in [0.1, 0.15) is 11.5 Å². The van der Waals surface area contributed by atoms with Gasteiger partial charge in [-0.1, -0.05) is 0 Å². The Bertz CT molecular complexity index is 406. The lowest BCUT2D eigenvalue weighted by Crippen LogP contribution is -2.24. The van der Waals surface area contributed by atoms with E-state index >= 15 is 0 Å². The van der Waals surface area contributed by atoms with E-state index in [1.54, 1.807) is 19.1 Å². The molecule has 0 saturated carbocycles. The van der Waals surface area contributed by atoms with Crippen molar-refractivity contribution in [3.8, 4) is 0 Å². The standard InChI is InChI=1S/C11H13NO4/c1-8-3-4-9(16-8)5-6-11(14)15-7-10(13)12-2/h3-6H,7H2,1-2H3,(H,12,13)/b6-5-. The molecule has 16 heavy (non-hydrogen) atoms. The number of aryl methyl sites for hydroxylation is 1. The molecule has 1 aromatic rings. The minimum atomic E-state index is -0.586. The summed E-state index contributed by atoms with van der Waals surface area (Å²) in [7, 11) is 1.47. The van der Waals surface area contributed by atoms with Gasteiger partial charge in [-0.3, -0.25) is 4.79 Å². The van der Waals surface area contributed by atoms with Crippen molar-refractivity contribution in [2.45, 2.75) is 6.92 Å². The van der Waals surface area contributed by atoms with Crippen molar-refractivity contribution in [1.82, 2.24) is 5.32 Å². The van der Waals surface area contributed by atoms with E-state index in [0.717, 1.165) is 5.76 Å². The van der Waals surface area contributed by atoms with E-state index in [0.29, 0.717) is 5.76 Å². The Hall–Kier alpha value is -2.04. The molecule has 0 fully saturated rings. The van der Waals surface area contributed by atoms with E-state index in [-0.39, 0.29) is 12.5 Å². The first-order valence-corrected chi connectivity index (χ1v) is 4.73. The van der Waals surface area contributed by atoms with Gasteiger partial charge in [-0.25, -0.2) is 4.79 Å². The number of carbonyl (C=O) groups excluding carboxylic acids is 2. The third-order valence-corrected chi connectivity index (χ3v) is 1.77. The highest BCUT2D eigenvalue weighted by Crippen LogP contribution is 2.07. The molecule has 0 radical (unpaired) electrons. The van der Waals surface area contributed by atoms with Crippen LogP contribution in [0.25, 0.3) is 6.08 Å². The zero-order valence-electron chi connectivity index (χ0n) is 9.15. The van der Waals surface area contributed by atoms with Crippen molar-refractivity contribution in [2.75, 3.05) is 13.7 Å². The molecule has 0 aliphatic carbocycles. The lowest BCUT2D eigenvalue weighted by Gasteiger charge is -1.99. The summed E-state index contributed by atoms with van der Waals surface area (Å²) in [5, 5.41) is 2.34. The van der Waals surface area contributed by atoms with Gasteiger partial charge in [0, 0.05) is 13.1 Å². The Kier molecular flexibility index (Phi) is 4.32. The number of furan rings is 1. The smallest absolute Gasteiger partial charge is 0.331 e. The third-order valence-electron chi connectivity index (χ3n) is 1.77. The number of rotatable bonds is 4. The molecule has 0 unspecified atom stereocenters. The molecule has 0 atom stereocenters. The SMILES string of the molecule is CNC(=O)COC(=O)/C=C\c1ccc(C)o1. The van der Waals surface area contributed by atoms with Crippen molar-refractivity contribution in [2.24, 2.45) is 0 Å². The monoisotopic (exact) mass is 223 g/mol. The van der Waals surface area contributed by atoms with Crippen LogP contribution in [0.4, 0.5) is 0 Å². The van der Waals surface area contributed by atoms with Crippen LogP contribution in [0.2, 0.25) is 0 Å². The summed E-state index contributed by atoms with van der Waals surface area (Å²) in [6.07, 6.45) is 2.69. The first kappa shape index (κ1) is 12.0. The van der Waals surface area contributed by atoms with Gasteiger partial charge in [-0.2, -0.15) is 0 Å². The second kappa shape index (κ2) is 5.75. The van der Waals surface area contributed by atoms with Crippen LogP contribution in [0.5, 0.6) is 0 Å². The van der Waals surface area contributed by atoms with E-state index in [1.807, 2.05) is 0 Å². The molecule has 0 saturated heterocycles. The largest absolute Gasteiger partial charge is 0.462 e. The highest BCUT2D eigenvalue weighted by atomic mass is 16.5. The molecule has 0 aliphatic heterocycles. The van der Waals surface area contributed by atoms with Crippen LogP contribution in [0.1, 0.15) is 11.5 Å². The number of likely N-dealkylation sites (N-methyl/N-ethyl adjacent to an activating group) is 1. The topological polar surface area (TPSA) is 68.5 Å². The van der Waals surface area contributed by atoms with Crippen LogP contribution in [-0.4, -0.2) is 25.5 Å². The number of amides is 1. The Balaban J connectivity index is 2.39. The summed E-state index contributed by atoms with van der Waals surface area (Å²) in [5.74, 6) is 0.390. The molecule has 0 aromatic carbocycles. The quantitative estimate of drug-likeness (QED) is 0.608. The highest BCUT2D eigenvalue weighted by Gasteiger charge is 2.02. The summed E-state index contributed by atoms with van der Waals surface area (Å²) in [6.45, 7) is 1.53. The van der Waals surface area contributed by atoms with Gasteiger partial charge in [0.2, 0.25) is 0 Å². The summed E-state index contributed by atoms with van der Waals surface area (Å²) < 4.78 is 9.85. The zero-order valence-corrected chi connectivity index (χ0v) is 9.15. The maximum absolute atomic E-state index is 11.1. The average molecular weight is 223 g/mol. The van der Waals surface area contributed by atoms with Gasteiger partial charge < -0.3 is 14.5 Å². The molecule has 1 aromatic heterocycles. The molecular weight excluding hydrogens is 210 g/mol. The molecule has 1 rings (SSSR count). The molecule has 1 N–H and O–H groups in total. The highest BCUT2D eigenvalue weighted by molar-refractivity contribution is 5.88. The predicted molar refractivity (Wildman–Crippen MR) is 57.5 cm³/mol. The fourth-order valence-corrected chi connectivity index (χ4v) is 0.950. The van der Waals surface area contributed by atoms with Crippen molar-refractivity contribution >= 4 is 18.0 Å². The van der Waals surface area contributed by atoms with Crippen molar-refractivity contribution < 1.29 is 18.7 Å². The third kappa shape index (κ3) is 4.00. The molecular formula is C11H13NO4. The van der Waals surface area contributed by atoms with Crippen LogP contribution < -0.4 is 5.32 Å². The van der Waals surface area contributed by atoms with E-state index in [2.05, 4.69) is 10.1 Å². The number of carbonyl (C=O) groups is 2. The van der Waals surface area contributed by atoms with E-state index in [1.165, 1.54) is 19.2 Å². The molecule has 0 spiro atoms. The summed E-state index contributed by atoms with van der Waals surface area (Å²) in [6, 6.07) is 3.52. The minimum Gasteiger partial charge on any atom is -0.462 e. The Morgan fingerprint density at radius 2 is 2.25 bits per heavy atom. The minimum absolute atomic E-state index is 0.281. The Labute approximate surface area is 93.1 Å². The number of hydrogen-bond donors (Lipinski definition) is 1. The van der Waals surface area contributed by atoms with Crippen LogP contribution in [0.3, 0.4) is 0 Å². The number of ether oxygens (including phenoxy) is 1. The molecule has 0 bridgehead atoms. The van der Waals surface area contributed by atoms with Crippen LogP contribution in [0.15, 0.2) is 22.6 Å². The van der Waals surface area contributed by atoms with Gasteiger partial charge in [0.15, 0.2) is 6.61 Å². The number of esters is 1. The first-order chi connectivity index (χ1) is 7.61. The van der Waals surface area contributed by atoms with Crippen LogP contribution in [0, 0.1) is 6.92 Å². The van der Waals surface area contributed by atoms with Gasteiger partial charge in [0.25, 0.3) is 5.91 Å². The van der Waals surface area contributed by atoms with Crippen LogP contribution in [-0.2, 0) is 14.3 Å². The lowest BCUT2D eigenvalue weighted by atomic mass is 10.4. The number of hydrogen-bond acceptors (Lipinski definition) is 4. The van der Waals surface area contributed by atoms with Gasteiger partial charge >= 0.3 is 5.97 Å². The summed E-state index contributed by atoms with van der Waals surface area (Å²) in [5.41, 5.74) is 0. The van der Waals surface area contributed by atoms with E-state index in [4.69, 9.17) is 4.42 Å². The maximum atomic E-state index is 11.1. The average Bonchev–Trinajstić information content (AvgIpc) is 2.69. The lowest BCUT2D eigenvalue weighted by molar-refractivity contribution is -0.143. The van der Waals surface area contributed by atoms with Crippen LogP contribution >= 0.6 is 0 Å². The molecule has 1 amide bonds. The Morgan fingerprint density at radius 1 is 1.50 bits per heavy atom. The second-order valence-electron chi connectivity index (χ2n) is 3.06. The summed E-state index contributed by atoms with van der Waals surface area (Å²) in [4.78, 5) is 21.9. The first-order valence-electron chi connectivity index (χ1n) is 4.73. The maximum Gasteiger partial charge on any atom is 0.331 e. The van der Waals surface area contributed by atoms with E-state index in [9.17, 15) is 9.59 Å². The zero-order chi connectivity index (χ0) is 12.0. The Morgan fingerprint density at radius 3 is 2.81 bits per heavy atom. The fourth-order valence-electron chi connectivity index (χ4n) is 0.950. The fraction of sp³-hybridized carbons (Fsp3) is 0.273. The van der Waals surface area contributed by atoms with Gasteiger partial charge in [-0.15, -0.1) is 0 Å². The molecule has 86 valence electrons.